The molecule has 98 valence electrons. The van der Waals surface area contributed by atoms with Crippen molar-refractivity contribution in [2.24, 2.45) is 0 Å². The average Bonchev–Trinajstić information content (AvgIpc) is 2.86. The lowest BCUT2D eigenvalue weighted by Gasteiger charge is -2.19. The summed E-state index contributed by atoms with van der Waals surface area (Å²) >= 11 is 11.5. The third-order valence-corrected chi connectivity index (χ3v) is 3.63. The summed E-state index contributed by atoms with van der Waals surface area (Å²) in [6.45, 7) is 2.69. The van der Waals surface area contributed by atoms with E-state index in [1.165, 1.54) is 12.3 Å². The normalized spacial score (nSPS) is 20.7. The van der Waals surface area contributed by atoms with Gasteiger partial charge in [-0.1, -0.05) is 23.2 Å². The molecule has 0 spiro atoms. The van der Waals surface area contributed by atoms with Crippen LogP contribution in [0.2, 0.25) is 10.2 Å². The monoisotopic (exact) mass is 288 g/mol. The smallest absolute Gasteiger partial charge is 0.253 e. The molecule has 0 saturated carbocycles. The van der Waals surface area contributed by atoms with Crippen molar-refractivity contribution in [3.8, 4) is 0 Å². The molecule has 1 aromatic rings. The third kappa shape index (κ3) is 3.13. The Kier molecular flexibility index (Phi) is 4.43. The third-order valence-electron chi connectivity index (χ3n) is 2.94. The van der Waals surface area contributed by atoms with E-state index in [4.69, 9.17) is 27.9 Å². The van der Waals surface area contributed by atoms with Crippen LogP contribution in [0.5, 0.6) is 0 Å². The number of nitrogens with zero attached hydrogens (tertiary/aromatic N) is 1. The SMILES string of the molecule is C[C@H](NC(=O)c1cnc(Cl)c(Cl)c1)[C@@H]1CCCO1. The summed E-state index contributed by atoms with van der Waals surface area (Å²) in [7, 11) is 0. The van der Waals surface area contributed by atoms with Crippen molar-refractivity contribution in [3.63, 3.8) is 0 Å². The number of halogens is 2. The molecule has 1 fully saturated rings. The predicted octanol–water partition coefficient (Wildman–Crippen LogP) is 2.69. The zero-order valence-electron chi connectivity index (χ0n) is 9.95. The highest BCUT2D eigenvalue weighted by molar-refractivity contribution is 6.41. The van der Waals surface area contributed by atoms with Gasteiger partial charge in [0.25, 0.3) is 5.91 Å². The van der Waals surface area contributed by atoms with Crippen molar-refractivity contribution >= 4 is 29.1 Å². The molecule has 1 aliphatic rings. The number of rotatable bonds is 3. The molecule has 4 nitrogen and oxygen atoms in total. The van der Waals surface area contributed by atoms with Gasteiger partial charge in [0.1, 0.15) is 5.15 Å². The van der Waals surface area contributed by atoms with Crippen LogP contribution in [0.1, 0.15) is 30.1 Å². The summed E-state index contributed by atoms with van der Waals surface area (Å²) in [5.41, 5.74) is 0.397. The van der Waals surface area contributed by atoms with Crippen LogP contribution in [0.15, 0.2) is 12.3 Å². The van der Waals surface area contributed by atoms with Gasteiger partial charge in [0.2, 0.25) is 0 Å². The van der Waals surface area contributed by atoms with Crippen LogP contribution in [0.4, 0.5) is 0 Å². The van der Waals surface area contributed by atoms with Crippen molar-refractivity contribution in [1.29, 1.82) is 0 Å². The largest absolute Gasteiger partial charge is 0.376 e. The first-order valence-electron chi connectivity index (χ1n) is 5.81. The lowest BCUT2D eigenvalue weighted by Crippen LogP contribution is -2.40. The topological polar surface area (TPSA) is 51.2 Å². The first-order chi connectivity index (χ1) is 8.58. The molecule has 6 heteroatoms. The molecule has 2 atom stereocenters. The number of pyridine rings is 1. The van der Waals surface area contributed by atoms with Gasteiger partial charge in [-0.3, -0.25) is 4.79 Å². The molecule has 1 aromatic heterocycles. The molecule has 1 N–H and O–H groups in total. The lowest BCUT2D eigenvalue weighted by molar-refractivity contribution is 0.0712. The van der Waals surface area contributed by atoms with Gasteiger partial charge in [0.15, 0.2) is 0 Å². The summed E-state index contributed by atoms with van der Waals surface area (Å²) in [5.74, 6) is -0.218. The van der Waals surface area contributed by atoms with E-state index < -0.39 is 0 Å². The first kappa shape index (κ1) is 13.6. The predicted molar refractivity (Wildman–Crippen MR) is 70.2 cm³/mol. The molecule has 2 rings (SSSR count). The number of hydrogen-bond donors (Lipinski definition) is 1. The van der Waals surface area contributed by atoms with Crippen LogP contribution in [0.25, 0.3) is 0 Å². The maximum absolute atomic E-state index is 12.0. The molecule has 1 saturated heterocycles. The summed E-state index contributed by atoms with van der Waals surface area (Å²) in [4.78, 5) is 15.8. The zero-order valence-corrected chi connectivity index (χ0v) is 11.5. The van der Waals surface area contributed by atoms with Gasteiger partial charge in [0, 0.05) is 12.8 Å². The summed E-state index contributed by atoms with van der Waals surface area (Å²) in [6, 6.07) is 1.48. The number of ether oxygens (including phenoxy) is 1. The van der Waals surface area contributed by atoms with Crippen LogP contribution in [0.3, 0.4) is 0 Å². The van der Waals surface area contributed by atoms with Gasteiger partial charge in [-0.2, -0.15) is 0 Å². The molecule has 1 amide bonds. The fourth-order valence-corrected chi connectivity index (χ4v) is 2.20. The van der Waals surface area contributed by atoms with Gasteiger partial charge in [-0.05, 0) is 25.8 Å². The van der Waals surface area contributed by atoms with E-state index in [2.05, 4.69) is 10.3 Å². The number of nitrogens with one attached hydrogen (secondary N) is 1. The van der Waals surface area contributed by atoms with Crippen molar-refractivity contribution < 1.29 is 9.53 Å². The van der Waals surface area contributed by atoms with Crippen LogP contribution in [-0.4, -0.2) is 29.6 Å². The first-order valence-corrected chi connectivity index (χ1v) is 6.57. The standard InChI is InChI=1S/C12H14Cl2N2O2/c1-7(10-3-2-4-18-10)16-12(17)8-5-9(13)11(14)15-6-8/h5-7,10H,2-4H2,1H3,(H,16,17)/t7-,10-/m0/s1. The molecular formula is C12H14Cl2N2O2. The summed E-state index contributed by atoms with van der Waals surface area (Å²) < 4.78 is 5.52. The van der Waals surface area contributed by atoms with Gasteiger partial charge in [-0.25, -0.2) is 4.98 Å². The summed E-state index contributed by atoms with van der Waals surface area (Å²) in [6.07, 6.45) is 3.51. The number of hydrogen-bond acceptors (Lipinski definition) is 3. The minimum absolute atomic E-state index is 0.0329. The van der Waals surface area contributed by atoms with Crippen molar-refractivity contribution in [2.75, 3.05) is 6.61 Å². The van der Waals surface area contributed by atoms with Gasteiger partial charge in [0.05, 0.1) is 22.7 Å². The van der Waals surface area contributed by atoms with Gasteiger partial charge < -0.3 is 10.1 Å². The Labute approximate surface area is 116 Å². The molecule has 0 radical (unpaired) electrons. The Balaban J connectivity index is 2.00. The second kappa shape index (κ2) is 5.87. The Morgan fingerprint density at radius 3 is 3.00 bits per heavy atom. The second-order valence-corrected chi connectivity index (χ2v) is 5.08. The van der Waals surface area contributed by atoms with Crippen LogP contribution < -0.4 is 5.32 Å². The van der Waals surface area contributed by atoms with E-state index in [9.17, 15) is 4.79 Å². The molecule has 0 aliphatic carbocycles. The molecule has 0 unspecified atom stereocenters. The number of carbonyl (C=O) groups excluding carboxylic acids is 1. The van der Waals surface area contributed by atoms with Gasteiger partial charge in [-0.15, -0.1) is 0 Å². The maximum Gasteiger partial charge on any atom is 0.253 e. The molecule has 0 bridgehead atoms. The molecular weight excluding hydrogens is 275 g/mol. The van der Waals surface area contributed by atoms with Crippen LogP contribution >= 0.6 is 23.2 Å². The highest BCUT2D eigenvalue weighted by Gasteiger charge is 2.24. The Morgan fingerprint density at radius 1 is 1.61 bits per heavy atom. The van der Waals surface area contributed by atoms with E-state index in [1.54, 1.807) is 0 Å². The number of amides is 1. The fourth-order valence-electron chi connectivity index (χ4n) is 1.93. The van der Waals surface area contributed by atoms with Crippen molar-refractivity contribution in [2.45, 2.75) is 31.9 Å². The Hall–Kier alpha value is -0.840. The van der Waals surface area contributed by atoms with E-state index in [0.717, 1.165) is 19.4 Å². The van der Waals surface area contributed by atoms with Crippen LogP contribution in [0, 0.1) is 0 Å². The number of carbonyl (C=O) groups is 1. The van der Waals surface area contributed by atoms with E-state index in [1.807, 2.05) is 6.92 Å². The highest BCUT2D eigenvalue weighted by atomic mass is 35.5. The number of aromatic nitrogens is 1. The van der Waals surface area contributed by atoms with Crippen LogP contribution in [-0.2, 0) is 4.74 Å². The molecule has 18 heavy (non-hydrogen) atoms. The molecule has 1 aliphatic heterocycles. The lowest BCUT2D eigenvalue weighted by atomic mass is 10.1. The quantitative estimate of drug-likeness (QED) is 0.870. The van der Waals surface area contributed by atoms with E-state index in [0.29, 0.717) is 5.56 Å². The van der Waals surface area contributed by atoms with E-state index in [-0.39, 0.29) is 28.2 Å². The van der Waals surface area contributed by atoms with E-state index >= 15 is 0 Å². The maximum atomic E-state index is 12.0. The van der Waals surface area contributed by atoms with Crippen molar-refractivity contribution in [3.05, 3.63) is 28.0 Å². The van der Waals surface area contributed by atoms with Gasteiger partial charge >= 0.3 is 0 Å². The molecule has 2 heterocycles. The second-order valence-electron chi connectivity index (χ2n) is 4.31. The minimum atomic E-state index is -0.218. The Bertz CT molecular complexity index is 448. The minimum Gasteiger partial charge on any atom is -0.376 e. The zero-order chi connectivity index (χ0) is 13.1. The van der Waals surface area contributed by atoms with Crippen molar-refractivity contribution in [1.82, 2.24) is 10.3 Å². The summed E-state index contributed by atoms with van der Waals surface area (Å²) in [5, 5.41) is 3.35. The fraction of sp³-hybridized carbons (Fsp3) is 0.500. The Morgan fingerprint density at radius 2 is 2.39 bits per heavy atom. The average molecular weight is 289 g/mol. The molecule has 0 aromatic carbocycles. The highest BCUT2D eigenvalue weighted by Crippen LogP contribution is 2.20.